The van der Waals surface area contributed by atoms with Gasteiger partial charge in [-0.2, -0.15) is 12.6 Å². The number of carboxylic acid groups (broad SMARTS) is 1. The van der Waals surface area contributed by atoms with Crippen LogP contribution in [0.5, 0.6) is 0 Å². The molecular weight excluding hydrogens is 192 g/mol. The molecule has 0 radical (unpaired) electrons. The van der Waals surface area contributed by atoms with E-state index in [4.69, 9.17) is 5.11 Å². The molecule has 0 aliphatic carbocycles. The molecule has 13 heavy (non-hydrogen) atoms. The number of nitrogens with one attached hydrogen (secondary N) is 1. The monoisotopic (exact) mass is 204 g/mol. The van der Waals surface area contributed by atoms with E-state index in [0.717, 1.165) is 0 Å². The fourth-order valence-electron chi connectivity index (χ4n) is 1.10. The third-order valence-corrected chi connectivity index (χ3v) is 2.14. The minimum absolute atomic E-state index is 0.180. The summed E-state index contributed by atoms with van der Waals surface area (Å²) in [5, 5.41) is 10.1. The van der Waals surface area contributed by atoms with Crippen molar-refractivity contribution < 1.29 is 14.7 Å². The lowest BCUT2D eigenvalue weighted by Crippen LogP contribution is -2.60. The maximum atomic E-state index is 11.0. The van der Waals surface area contributed by atoms with E-state index in [1.807, 2.05) is 0 Å². The van der Waals surface area contributed by atoms with Gasteiger partial charge in [0, 0.05) is 13.0 Å². The molecule has 1 fully saturated rings. The Morgan fingerprint density at radius 2 is 2.31 bits per heavy atom. The molecule has 5 nitrogen and oxygen atoms in total. The number of amides is 1. The van der Waals surface area contributed by atoms with Gasteiger partial charge < -0.3 is 5.11 Å². The molecule has 0 saturated carbocycles. The molecule has 1 atom stereocenters. The molecule has 1 aliphatic rings. The molecule has 1 saturated heterocycles. The summed E-state index contributed by atoms with van der Waals surface area (Å²) in [5.41, 5.74) is 2.51. The van der Waals surface area contributed by atoms with E-state index in [2.05, 4.69) is 18.1 Å². The lowest BCUT2D eigenvalue weighted by molar-refractivity contribution is -0.153. The first-order chi connectivity index (χ1) is 6.15. The Labute approximate surface area is 81.5 Å². The van der Waals surface area contributed by atoms with Crippen LogP contribution >= 0.6 is 12.6 Å². The number of aliphatic carboxylic acids is 1. The van der Waals surface area contributed by atoms with Crippen molar-refractivity contribution in [1.29, 1.82) is 0 Å². The quantitative estimate of drug-likeness (QED) is 0.540. The Morgan fingerprint density at radius 1 is 1.62 bits per heavy atom. The SMILES string of the molecule is O=C(CCS)NN1CCC1C(=O)O. The van der Waals surface area contributed by atoms with Gasteiger partial charge in [0.05, 0.1) is 0 Å². The van der Waals surface area contributed by atoms with Crippen LogP contribution in [0, 0.1) is 0 Å². The maximum absolute atomic E-state index is 11.0. The summed E-state index contributed by atoms with van der Waals surface area (Å²) >= 11 is 3.90. The summed E-state index contributed by atoms with van der Waals surface area (Å²) < 4.78 is 0. The molecule has 0 aromatic heterocycles. The number of hydrogen-bond acceptors (Lipinski definition) is 4. The lowest BCUT2D eigenvalue weighted by atomic mass is 10.1. The zero-order valence-electron chi connectivity index (χ0n) is 7.06. The topological polar surface area (TPSA) is 69.6 Å². The van der Waals surface area contributed by atoms with E-state index in [-0.39, 0.29) is 5.91 Å². The first-order valence-corrected chi connectivity index (χ1v) is 4.68. The van der Waals surface area contributed by atoms with Gasteiger partial charge in [-0.25, -0.2) is 5.01 Å². The Balaban J connectivity index is 2.30. The van der Waals surface area contributed by atoms with Gasteiger partial charge in [0.1, 0.15) is 6.04 Å². The second-order valence-corrected chi connectivity index (χ2v) is 3.29. The molecule has 1 aliphatic heterocycles. The van der Waals surface area contributed by atoms with Crippen LogP contribution in [0.15, 0.2) is 0 Å². The first-order valence-electron chi connectivity index (χ1n) is 4.05. The van der Waals surface area contributed by atoms with E-state index in [1.54, 1.807) is 0 Å². The van der Waals surface area contributed by atoms with Crippen LogP contribution in [-0.2, 0) is 9.59 Å². The highest BCUT2D eigenvalue weighted by Crippen LogP contribution is 2.14. The van der Waals surface area contributed by atoms with Crippen LogP contribution in [0.2, 0.25) is 0 Å². The summed E-state index contributed by atoms with van der Waals surface area (Å²) in [6.45, 7) is 0.606. The molecule has 6 heteroatoms. The number of carboxylic acids is 1. The highest BCUT2D eigenvalue weighted by Gasteiger charge is 2.34. The molecular formula is C7H12N2O3S. The van der Waals surface area contributed by atoms with Crippen LogP contribution in [0.1, 0.15) is 12.8 Å². The van der Waals surface area contributed by atoms with Crippen molar-refractivity contribution in [3.05, 3.63) is 0 Å². The molecule has 1 heterocycles. The number of thiol groups is 1. The van der Waals surface area contributed by atoms with Gasteiger partial charge in [0.2, 0.25) is 5.91 Å². The van der Waals surface area contributed by atoms with Crippen molar-refractivity contribution in [3.63, 3.8) is 0 Å². The zero-order chi connectivity index (χ0) is 9.84. The summed E-state index contributed by atoms with van der Waals surface area (Å²) in [5.74, 6) is -0.601. The molecule has 74 valence electrons. The number of rotatable bonds is 4. The second-order valence-electron chi connectivity index (χ2n) is 2.84. The number of hydrazine groups is 1. The predicted molar refractivity (Wildman–Crippen MR) is 49.4 cm³/mol. The summed E-state index contributed by atoms with van der Waals surface area (Å²) in [6, 6.07) is -0.552. The zero-order valence-corrected chi connectivity index (χ0v) is 7.96. The molecule has 0 bridgehead atoms. The van der Waals surface area contributed by atoms with Gasteiger partial charge in [-0.05, 0) is 12.2 Å². The number of nitrogens with zero attached hydrogens (tertiary/aromatic N) is 1. The van der Waals surface area contributed by atoms with Gasteiger partial charge in [0.15, 0.2) is 0 Å². The van der Waals surface area contributed by atoms with E-state index in [1.165, 1.54) is 5.01 Å². The number of carbonyl (C=O) groups is 2. The minimum Gasteiger partial charge on any atom is -0.480 e. The molecule has 0 aromatic carbocycles. The van der Waals surface area contributed by atoms with Gasteiger partial charge >= 0.3 is 5.97 Å². The number of carbonyl (C=O) groups excluding carboxylic acids is 1. The van der Waals surface area contributed by atoms with Gasteiger partial charge in [0.25, 0.3) is 0 Å². The number of hydrogen-bond donors (Lipinski definition) is 3. The Bertz CT molecular complexity index is 222. The van der Waals surface area contributed by atoms with Crippen molar-refractivity contribution in [2.24, 2.45) is 0 Å². The summed E-state index contributed by atoms with van der Waals surface area (Å²) in [6.07, 6.45) is 0.905. The molecule has 0 aromatic rings. The predicted octanol–water partition coefficient (Wildman–Crippen LogP) is -0.504. The smallest absolute Gasteiger partial charge is 0.322 e. The van der Waals surface area contributed by atoms with E-state index < -0.39 is 12.0 Å². The van der Waals surface area contributed by atoms with E-state index in [0.29, 0.717) is 25.1 Å². The van der Waals surface area contributed by atoms with E-state index >= 15 is 0 Å². The van der Waals surface area contributed by atoms with Crippen molar-refractivity contribution in [2.45, 2.75) is 18.9 Å². The minimum atomic E-state index is -0.891. The van der Waals surface area contributed by atoms with Crippen molar-refractivity contribution in [1.82, 2.24) is 10.4 Å². The third kappa shape index (κ3) is 2.60. The van der Waals surface area contributed by atoms with Gasteiger partial charge in [-0.3, -0.25) is 15.0 Å². The largest absolute Gasteiger partial charge is 0.480 e. The van der Waals surface area contributed by atoms with Crippen LogP contribution in [0.4, 0.5) is 0 Å². The van der Waals surface area contributed by atoms with Crippen LogP contribution < -0.4 is 5.43 Å². The molecule has 1 unspecified atom stereocenters. The van der Waals surface area contributed by atoms with Gasteiger partial charge in [-0.15, -0.1) is 0 Å². The van der Waals surface area contributed by atoms with Crippen molar-refractivity contribution >= 4 is 24.5 Å². The van der Waals surface area contributed by atoms with Crippen LogP contribution in [-0.4, -0.2) is 40.3 Å². The fraction of sp³-hybridized carbons (Fsp3) is 0.714. The first kappa shape index (κ1) is 10.3. The Kier molecular flexibility index (Phi) is 3.56. The van der Waals surface area contributed by atoms with Crippen molar-refractivity contribution in [2.75, 3.05) is 12.3 Å². The third-order valence-electron chi connectivity index (χ3n) is 1.91. The van der Waals surface area contributed by atoms with Crippen molar-refractivity contribution in [3.8, 4) is 0 Å². The van der Waals surface area contributed by atoms with E-state index in [9.17, 15) is 9.59 Å². The maximum Gasteiger partial charge on any atom is 0.322 e. The van der Waals surface area contributed by atoms with Crippen LogP contribution in [0.3, 0.4) is 0 Å². The highest BCUT2D eigenvalue weighted by molar-refractivity contribution is 7.80. The second kappa shape index (κ2) is 4.48. The molecule has 2 N–H and O–H groups in total. The fourth-order valence-corrected chi connectivity index (χ4v) is 1.30. The molecule has 0 spiro atoms. The average Bonchev–Trinajstić information content (AvgIpc) is 1.97. The summed E-state index contributed by atoms with van der Waals surface area (Å²) in [4.78, 5) is 21.5. The highest BCUT2D eigenvalue weighted by atomic mass is 32.1. The summed E-state index contributed by atoms with van der Waals surface area (Å²) in [7, 11) is 0. The van der Waals surface area contributed by atoms with Crippen LogP contribution in [0.25, 0.3) is 0 Å². The van der Waals surface area contributed by atoms with Gasteiger partial charge in [-0.1, -0.05) is 0 Å². The Hall–Kier alpha value is -0.750. The molecule has 1 rings (SSSR count). The standard InChI is InChI=1S/C7H12N2O3S/c10-6(2-4-13)8-9-3-1-5(9)7(11)12/h5,13H,1-4H2,(H,8,10)(H,11,12). The molecule has 1 amide bonds. The Morgan fingerprint density at radius 3 is 2.69 bits per heavy atom. The normalized spacial score (nSPS) is 22.1. The lowest BCUT2D eigenvalue weighted by Gasteiger charge is -2.37. The average molecular weight is 204 g/mol.